The van der Waals surface area contributed by atoms with Crippen molar-refractivity contribution in [1.82, 2.24) is 18.9 Å². The van der Waals surface area contributed by atoms with E-state index in [1.807, 2.05) is 0 Å². The Morgan fingerprint density at radius 3 is 1.54 bits per heavy atom. The van der Waals surface area contributed by atoms with Crippen LogP contribution in [-0.2, 0) is 13.3 Å². The van der Waals surface area contributed by atoms with Crippen molar-refractivity contribution in [3.05, 3.63) is 56.4 Å². The number of likely N-dealkylation sites (N-methyl/N-ethyl adjacent to an activating group) is 2. The fourth-order valence-corrected chi connectivity index (χ4v) is 5.88. The summed E-state index contributed by atoms with van der Waals surface area (Å²) in [6.45, 7) is 3.52. The number of hydrogen-bond acceptors (Lipinski definition) is 6. The van der Waals surface area contributed by atoms with E-state index >= 15 is 0 Å². The summed E-state index contributed by atoms with van der Waals surface area (Å²) in [5.41, 5.74) is 2.43. The molecule has 0 radical (unpaired) electrons. The number of para-hydroxylation sites is 2. The molecule has 0 atom stereocenters. The van der Waals surface area contributed by atoms with Gasteiger partial charge in [0.25, 0.3) is 0 Å². The monoisotopic (exact) mass is 446 g/mol. The van der Waals surface area contributed by atoms with E-state index in [1.54, 1.807) is 22.7 Å². The molecule has 2 heterocycles. The second-order valence-corrected chi connectivity index (χ2v) is 10.3. The van der Waals surface area contributed by atoms with Crippen LogP contribution in [0.4, 0.5) is 0 Å². The summed E-state index contributed by atoms with van der Waals surface area (Å²) >= 11 is 14.5. The first kappa shape index (κ1) is 19.9. The Hall–Kier alpha value is -1.42. The van der Waals surface area contributed by atoms with Crippen molar-refractivity contribution in [3.63, 3.8) is 0 Å². The van der Waals surface area contributed by atoms with Crippen molar-refractivity contribution in [2.45, 2.75) is 13.3 Å². The molecule has 0 N–H and O–H groups in total. The third-order valence-electron chi connectivity index (χ3n) is 4.78. The van der Waals surface area contributed by atoms with E-state index in [0.717, 1.165) is 34.3 Å². The van der Waals surface area contributed by atoms with Gasteiger partial charge in [-0.15, -0.1) is 22.7 Å². The van der Waals surface area contributed by atoms with Crippen molar-refractivity contribution in [2.75, 3.05) is 27.2 Å². The summed E-state index contributed by atoms with van der Waals surface area (Å²) in [6, 6.07) is 16.8. The third-order valence-corrected chi connectivity index (χ3v) is 7.64. The lowest BCUT2D eigenvalue weighted by molar-refractivity contribution is 0.202. The SMILES string of the molecule is CN(CCN(C)Cn1c(=S)sc2ccccc21)Cn1c(=S)sc2ccccc21. The van der Waals surface area contributed by atoms with Crippen LogP contribution < -0.4 is 0 Å². The largest absolute Gasteiger partial charge is 0.309 e. The molecule has 2 aromatic carbocycles. The maximum atomic E-state index is 5.57. The van der Waals surface area contributed by atoms with Crippen LogP contribution in [0.1, 0.15) is 0 Å². The van der Waals surface area contributed by atoms with Gasteiger partial charge in [0.05, 0.1) is 33.8 Å². The summed E-state index contributed by atoms with van der Waals surface area (Å²) in [5, 5.41) is 0. The normalized spacial score (nSPS) is 12.0. The van der Waals surface area contributed by atoms with Crippen molar-refractivity contribution >= 4 is 67.5 Å². The van der Waals surface area contributed by atoms with Crippen molar-refractivity contribution < 1.29 is 0 Å². The molecule has 0 amide bonds. The van der Waals surface area contributed by atoms with Gasteiger partial charge < -0.3 is 9.13 Å². The topological polar surface area (TPSA) is 16.3 Å². The second kappa shape index (κ2) is 8.52. The Morgan fingerprint density at radius 1 is 0.714 bits per heavy atom. The van der Waals surface area contributed by atoms with Crippen LogP contribution in [0, 0.1) is 7.91 Å². The molecule has 0 aliphatic rings. The Labute approximate surface area is 182 Å². The number of nitrogens with zero attached hydrogens (tertiary/aromatic N) is 4. The first-order chi connectivity index (χ1) is 13.5. The molecular weight excluding hydrogens is 425 g/mol. The highest BCUT2D eigenvalue weighted by Gasteiger charge is 2.10. The van der Waals surface area contributed by atoms with Gasteiger partial charge in [-0.2, -0.15) is 0 Å². The molecule has 4 aromatic rings. The molecule has 8 heteroatoms. The summed E-state index contributed by atoms with van der Waals surface area (Å²) in [5.74, 6) is 0. The summed E-state index contributed by atoms with van der Waals surface area (Å²) in [7, 11) is 4.29. The molecule has 146 valence electrons. The maximum absolute atomic E-state index is 5.57. The van der Waals surface area contributed by atoms with Gasteiger partial charge in [0.1, 0.15) is 0 Å². The number of benzene rings is 2. The van der Waals surface area contributed by atoms with E-state index in [-0.39, 0.29) is 0 Å². The minimum atomic E-state index is 0.803. The van der Waals surface area contributed by atoms with Gasteiger partial charge in [-0.25, -0.2) is 0 Å². The average Bonchev–Trinajstić information content (AvgIpc) is 3.17. The fraction of sp³-hybridized carbons (Fsp3) is 0.300. The molecule has 0 unspecified atom stereocenters. The van der Waals surface area contributed by atoms with E-state index < -0.39 is 0 Å². The van der Waals surface area contributed by atoms with Gasteiger partial charge >= 0.3 is 0 Å². The van der Waals surface area contributed by atoms with Crippen LogP contribution in [0.3, 0.4) is 0 Å². The predicted octanol–water partition coefficient (Wildman–Crippen LogP) is 5.66. The molecule has 0 saturated carbocycles. The lowest BCUT2D eigenvalue weighted by atomic mass is 10.3. The number of rotatable bonds is 7. The highest BCUT2D eigenvalue weighted by atomic mass is 32.2. The Morgan fingerprint density at radius 2 is 1.11 bits per heavy atom. The van der Waals surface area contributed by atoms with Crippen LogP contribution >= 0.6 is 47.1 Å². The molecule has 0 aliphatic carbocycles. The Balaban J connectivity index is 1.40. The lowest BCUT2D eigenvalue weighted by Crippen LogP contribution is -2.33. The van der Waals surface area contributed by atoms with Crippen molar-refractivity contribution in [2.24, 2.45) is 0 Å². The molecule has 4 rings (SSSR count). The molecule has 2 aromatic heterocycles. The predicted molar refractivity (Wildman–Crippen MR) is 127 cm³/mol. The smallest absolute Gasteiger partial charge is 0.163 e. The molecule has 0 saturated heterocycles. The van der Waals surface area contributed by atoms with Crippen molar-refractivity contribution in [3.8, 4) is 0 Å². The van der Waals surface area contributed by atoms with E-state index in [2.05, 4.69) is 81.6 Å². The number of fused-ring (bicyclic) bond motifs is 2. The quantitative estimate of drug-likeness (QED) is 0.341. The maximum Gasteiger partial charge on any atom is 0.163 e. The zero-order valence-corrected chi connectivity index (χ0v) is 19.1. The number of thiazole rings is 2. The molecule has 0 spiro atoms. The first-order valence-corrected chi connectivity index (χ1v) is 11.5. The van der Waals surface area contributed by atoms with E-state index in [4.69, 9.17) is 24.4 Å². The number of aromatic nitrogens is 2. The molecule has 28 heavy (non-hydrogen) atoms. The summed E-state index contributed by atoms with van der Waals surface area (Å²) in [4.78, 5) is 4.63. The highest BCUT2D eigenvalue weighted by Crippen LogP contribution is 2.24. The van der Waals surface area contributed by atoms with Crippen LogP contribution in [-0.4, -0.2) is 46.1 Å². The van der Waals surface area contributed by atoms with Crippen LogP contribution in [0.25, 0.3) is 20.4 Å². The minimum absolute atomic E-state index is 0.803. The highest BCUT2D eigenvalue weighted by molar-refractivity contribution is 7.74. The molecule has 0 bridgehead atoms. The Bertz CT molecular complexity index is 1120. The van der Waals surface area contributed by atoms with Gasteiger partial charge in [0.15, 0.2) is 7.91 Å². The molecule has 0 fully saturated rings. The first-order valence-electron chi connectivity index (χ1n) is 9.07. The van der Waals surface area contributed by atoms with Crippen LogP contribution in [0.15, 0.2) is 48.5 Å². The zero-order valence-electron chi connectivity index (χ0n) is 15.9. The van der Waals surface area contributed by atoms with Gasteiger partial charge in [-0.3, -0.25) is 9.80 Å². The minimum Gasteiger partial charge on any atom is -0.309 e. The fourth-order valence-electron chi connectivity index (χ4n) is 3.26. The molecule has 0 aliphatic heterocycles. The average molecular weight is 447 g/mol. The van der Waals surface area contributed by atoms with Gasteiger partial charge in [0.2, 0.25) is 0 Å². The van der Waals surface area contributed by atoms with Crippen LogP contribution in [0.2, 0.25) is 0 Å². The van der Waals surface area contributed by atoms with E-state index in [1.165, 1.54) is 20.4 Å². The van der Waals surface area contributed by atoms with E-state index in [0.29, 0.717) is 0 Å². The Kier molecular flexibility index (Phi) is 6.05. The van der Waals surface area contributed by atoms with Gasteiger partial charge in [0, 0.05) is 13.1 Å². The lowest BCUT2D eigenvalue weighted by Gasteiger charge is -2.23. The zero-order chi connectivity index (χ0) is 19.7. The van der Waals surface area contributed by atoms with Crippen molar-refractivity contribution in [1.29, 1.82) is 0 Å². The standard InChI is InChI=1S/C20H22N4S4/c1-21(13-23-15-7-3-5-9-17(15)27-19(23)25)11-12-22(2)14-24-16-8-4-6-10-18(16)28-20(24)26/h3-10H,11-14H2,1-2H3. The summed E-state index contributed by atoms with van der Waals surface area (Å²) in [6.07, 6.45) is 0. The van der Waals surface area contributed by atoms with Gasteiger partial charge in [-0.1, -0.05) is 24.3 Å². The second-order valence-electron chi connectivity index (χ2n) is 6.97. The van der Waals surface area contributed by atoms with E-state index in [9.17, 15) is 0 Å². The van der Waals surface area contributed by atoms with Gasteiger partial charge in [-0.05, 0) is 62.8 Å². The molecule has 4 nitrogen and oxygen atoms in total. The van der Waals surface area contributed by atoms with Crippen LogP contribution in [0.5, 0.6) is 0 Å². The third kappa shape index (κ3) is 4.12. The molecular formula is C20H22N4S4. The summed E-state index contributed by atoms with van der Waals surface area (Å²) < 4.78 is 8.79. The number of hydrogen-bond donors (Lipinski definition) is 0.